The van der Waals surface area contributed by atoms with Gasteiger partial charge in [0.15, 0.2) is 0 Å². The molecule has 1 fully saturated rings. The number of amides is 1. The Labute approximate surface area is 215 Å². The van der Waals surface area contributed by atoms with Crippen LogP contribution in [0.25, 0.3) is 0 Å². The lowest BCUT2D eigenvalue weighted by Crippen LogP contribution is -2.38. The number of aliphatic hydroxyl groups excluding tert-OH is 1. The molecule has 1 aliphatic rings. The van der Waals surface area contributed by atoms with Gasteiger partial charge < -0.3 is 25.6 Å². The van der Waals surface area contributed by atoms with Gasteiger partial charge in [-0.15, -0.1) is 0 Å². The van der Waals surface area contributed by atoms with Gasteiger partial charge in [0.1, 0.15) is 6.10 Å². The lowest BCUT2D eigenvalue weighted by atomic mass is 10.0. The summed E-state index contributed by atoms with van der Waals surface area (Å²) >= 11 is 0. The van der Waals surface area contributed by atoms with Crippen molar-refractivity contribution >= 4 is 11.9 Å². The number of morpholine rings is 1. The second kappa shape index (κ2) is 25.9. The number of unbranched alkanes of at least 4 members (excludes halogenated alkanes) is 14. The summed E-state index contributed by atoms with van der Waals surface area (Å²) in [5.41, 5.74) is 0. The monoisotopic (exact) mass is 500 g/mol. The van der Waals surface area contributed by atoms with E-state index in [-0.39, 0.29) is 5.91 Å². The highest BCUT2D eigenvalue weighted by Gasteiger charge is 2.12. The summed E-state index contributed by atoms with van der Waals surface area (Å²) in [5, 5.41) is 22.2. The number of hydrogen-bond acceptors (Lipinski definition) is 5. The van der Waals surface area contributed by atoms with Crippen molar-refractivity contribution in [3.05, 3.63) is 0 Å². The van der Waals surface area contributed by atoms with Gasteiger partial charge in [-0.2, -0.15) is 0 Å². The molecule has 208 valence electrons. The number of carboxylic acid groups (broad SMARTS) is 1. The lowest BCUT2D eigenvalue weighted by Gasteiger charge is -2.23. The van der Waals surface area contributed by atoms with Crippen LogP contribution in [-0.4, -0.2) is 60.5 Å². The van der Waals surface area contributed by atoms with E-state index < -0.39 is 12.1 Å². The molecule has 2 atom stereocenters. The average molecular weight is 501 g/mol. The van der Waals surface area contributed by atoms with Crippen molar-refractivity contribution in [3.8, 4) is 0 Å². The first kappa shape index (κ1) is 33.8. The number of hydrogen-bond donors (Lipinski definition) is 4. The van der Waals surface area contributed by atoms with E-state index in [4.69, 9.17) is 14.9 Å². The van der Waals surface area contributed by atoms with Gasteiger partial charge in [-0.1, -0.05) is 96.8 Å². The predicted molar refractivity (Wildman–Crippen MR) is 144 cm³/mol. The minimum absolute atomic E-state index is 0.224. The molecule has 0 saturated carbocycles. The topological polar surface area (TPSA) is 108 Å². The molecule has 1 saturated heterocycles. The maximum absolute atomic E-state index is 11.9. The Hall–Kier alpha value is -1.18. The SMILES string of the molecule is CC(O)C(=O)O.CCCCCCCCCCCCCCCCCC(=O)NCCCC1CNCCO1. The number of rotatable bonds is 21. The van der Waals surface area contributed by atoms with E-state index in [1.165, 1.54) is 96.8 Å². The fourth-order valence-corrected chi connectivity index (χ4v) is 4.11. The van der Waals surface area contributed by atoms with Crippen molar-refractivity contribution in [2.45, 2.75) is 142 Å². The number of ether oxygens (including phenoxy) is 1. The maximum Gasteiger partial charge on any atom is 0.332 e. The van der Waals surface area contributed by atoms with Crippen molar-refractivity contribution in [1.29, 1.82) is 0 Å². The first-order chi connectivity index (χ1) is 17.0. The number of carbonyl (C=O) groups excluding carboxylic acids is 1. The van der Waals surface area contributed by atoms with Gasteiger partial charge >= 0.3 is 5.97 Å². The van der Waals surface area contributed by atoms with Crippen molar-refractivity contribution in [2.24, 2.45) is 0 Å². The molecular weight excluding hydrogens is 444 g/mol. The molecule has 1 aliphatic heterocycles. The van der Waals surface area contributed by atoms with Gasteiger partial charge in [0, 0.05) is 26.1 Å². The number of carbonyl (C=O) groups is 2. The van der Waals surface area contributed by atoms with E-state index in [2.05, 4.69) is 17.6 Å². The van der Waals surface area contributed by atoms with Crippen LogP contribution in [0.5, 0.6) is 0 Å². The van der Waals surface area contributed by atoms with E-state index >= 15 is 0 Å². The Morgan fingerprint density at radius 3 is 1.80 bits per heavy atom. The molecule has 1 rings (SSSR count). The van der Waals surface area contributed by atoms with Crippen LogP contribution in [-0.2, 0) is 14.3 Å². The third kappa shape index (κ3) is 25.7. The van der Waals surface area contributed by atoms with Gasteiger partial charge in [-0.3, -0.25) is 4.79 Å². The molecule has 1 amide bonds. The Kier molecular flexibility index (Phi) is 25.0. The smallest absolute Gasteiger partial charge is 0.332 e. The van der Waals surface area contributed by atoms with E-state index in [1.54, 1.807) is 0 Å². The van der Waals surface area contributed by atoms with Crippen LogP contribution in [0.15, 0.2) is 0 Å². The van der Waals surface area contributed by atoms with Crippen molar-refractivity contribution in [2.75, 3.05) is 26.2 Å². The normalized spacial score (nSPS) is 16.3. The van der Waals surface area contributed by atoms with Gasteiger partial charge in [0.25, 0.3) is 0 Å². The Balaban J connectivity index is 0.00000170. The fraction of sp³-hybridized carbons (Fsp3) is 0.929. The molecule has 4 N–H and O–H groups in total. The fourth-order valence-electron chi connectivity index (χ4n) is 4.11. The minimum atomic E-state index is -1.23. The summed E-state index contributed by atoms with van der Waals surface area (Å²) in [4.78, 5) is 21.3. The molecule has 7 heteroatoms. The molecule has 0 aromatic rings. The molecule has 35 heavy (non-hydrogen) atoms. The summed E-state index contributed by atoms with van der Waals surface area (Å²) in [5.74, 6) is -0.961. The van der Waals surface area contributed by atoms with Crippen molar-refractivity contribution in [3.63, 3.8) is 0 Å². The summed E-state index contributed by atoms with van der Waals surface area (Å²) in [6.07, 6.45) is 22.3. The molecule has 1 heterocycles. The largest absolute Gasteiger partial charge is 0.479 e. The van der Waals surface area contributed by atoms with Crippen LogP contribution in [0, 0.1) is 0 Å². The quantitative estimate of drug-likeness (QED) is 0.153. The van der Waals surface area contributed by atoms with Crippen LogP contribution in [0.3, 0.4) is 0 Å². The second-order valence-corrected chi connectivity index (χ2v) is 9.90. The molecular formula is C28H56N2O5. The third-order valence-electron chi connectivity index (χ3n) is 6.39. The van der Waals surface area contributed by atoms with Crippen LogP contribution >= 0.6 is 0 Å². The minimum Gasteiger partial charge on any atom is -0.479 e. The van der Waals surface area contributed by atoms with Gasteiger partial charge in [-0.05, 0) is 26.2 Å². The zero-order valence-electron chi connectivity index (χ0n) is 22.8. The first-order valence-electron chi connectivity index (χ1n) is 14.5. The highest BCUT2D eigenvalue weighted by atomic mass is 16.5. The van der Waals surface area contributed by atoms with Gasteiger partial charge in [0.05, 0.1) is 12.7 Å². The Morgan fingerprint density at radius 2 is 1.37 bits per heavy atom. The zero-order chi connectivity index (χ0) is 26.0. The van der Waals surface area contributed by atoms with Crippen LogP contribution in [0.1, 0.15) is 129 Å². The van der Waals surface area contributed by atoms with E-state index in [9.17, 15) is 9.59 Å². The molecule has 0 aromatic carbocycles. The Morgan fingerprint density at radius 1 is 0.886 bits per heavy atom. The number of nitrogens with one attached hydrogen (secondary N) is 2. The zero-order valence-corrected chi connectivity index (χ0v) is 22.8. The number of carboxylic acids is 1. The molecule has 0 aromatic heterocycles. The first-order valence-corrected chi connectivity index (χ1v) is 14.5. The maximum atomic E-state index is 11.9. The highest BCUT2D eigenvalue weighted by molar-refractivity contribution is 5.75. The van der Waals surface area contributed by atoms with Crippen molar-refractivity contribution < 1.29 is 24.5 Å². The molecule has 0 aliphatic carbocycles. The standard InChI is InChI=1S/C25H50N2O2.C3H6O3/c1-2-3-4-5-6-7-8-9-10-11-12-13-14-15-16-19-25(28)27-20-17-18-24-23-26-21-22-29-24;1-2(4)3(5)6/h24,26H,2-23H2,1H3,(H,27,28);2,4H,1H3,(H,5,6). The molecule has 2 unspecified atom stereocenters. The van der Waals surface area contributed by atoms with Crippen LogP contribution < -0.4 is 10.6 Å². The average Bonchev–Trinajstić information content (AvgIpc) is 2.85. The lowest BCUT2D eigenvalue weighted by molar-refractivity contribution is -0.145. The molecule has 0 spiro atoms. The summed E-state index contributed by atoms with van der Waals surface area (Å²) in [6, 6.07) is 0. The van der Waals surface area contributed by atoms with E-state index in [1.807, 2.05) is 0 Å². The van der Waals surface area contributed by atoms with E-state index in [0.717, 1.165) is 45.5 Å². The summed E-state index contributed by atoms with van der Waals surface area (Å²) < 4.78 is 5.67. The number of aliphatic carboxylic acids is 1. The number of aliphatic hydroxyl groups is 1. The van der Waals surface area contributed by atoms with Crippen molar-refractivity contribution in [1.82, 2.24) is 10.6 Å². The molecule has 0 bridgehead atoms. The summed E-state index contributed by atoms with van der Waals surface area (Å²) in [6.45, 7) is 7.00. The van der Waals surface area contributed by atoms with Gasteiger partial charge in [-0.25, -0.2) is 4.79 Å². The highest BCUT2D eigenvalue weighted by Crippen LogP contribution is 2.13. The predicted octanol–water partition coefficient (Wildman–Crippen LogP) is 5.58. The molecule has 7 nitrogen and oxygen atoms in total. The Bertz CT molecular complexity index is 482. The molecule has 0 radical (unpaired) electrons. The van der Waals surface area contributed by atoms with Crippen LogP contribution in [0.4, 0.5) is 0 Å². The van der Waals surface area contributed by atoms with Crippen LogP contribution in [0.2, 0.25) is 0 Å². The van der Waals surface area contributed by atoms with Gasteiger partial charge in [0.2, 0.25) is 5.91 Å². The van der Waals surface area contributed by atoms with E-state index in [0.29, 0.717) is 12.5 Å². The second-order valence-electron chi connectivity index (χ2n) is 9.90. The third-order valence-corrected chi connectivity index (χ3v) is 6.39. The summed E-state index contributed by atoms with van der Waals surface area (Å²) in [7, 11) is 0.